The molecule has 3 rings (SSSR count). The van der Waals surface area contributed by atoms with Gasteiger partial charge < -0.3 is 14.4 Å². The second kappa shape index (κ2) is 6.45. The van der Waals surface area contributed by atoms with Crippen molar-refractivity contribution in [2.24, 2.45) is 5.41 Å². The van der Waals surface area contributed by atoms with E-state index in [-0.39, 0.29) is 22.9 Å². The van der Waals surface area contributed by atoms with Gasteiger partial charge in [0.15, 0.2) is 11.5 Å². The number of fused-ring (bicyclic) bond motifs is 3. The highest BCUT2D eigenvalue weighted by Gasteiger charge is 2.50. The van der Waals surface area contributed by atoms with Crippen molar-refractivity contribution in [2.75, 3.05) is 34.4 Å². The summed E-state index contributed by atoms with van der Waals surface area (Å²) in [5, 5.41) is 0. The molecule has 2 heterocycles. The predicted octanol–water partition coefficient (Wildman–Crippen LogP) is 3.05. The van der Waals surface area contributed by atoms with Crippen LogP contribution in [-0.2, 0) is 16.8 Å². The smallest absolute Gasteiger partial charge is 0.240 e. The molecule has 2 aliphatic heterocycles. The first-order valence-corrected chi connectivity index (χ1v) is 9.38. The number of nitrogens with zero attached hydrogens (tertiary/aromatic N) is 2. The highest BCUT2D eigenvalue weighted by molar-refractivity contribution is 5.84. The Bertz CT molecular complexity index is 710. The van der Waals surface area contributed by atoms with Crippen molar-refractivity contribution in [1.29, 1.82) is 0 Å². The Morgan fingerprint density at radius 3 is 2.38 bits per heavy atom. The van der Waals surface area contributed by atoms with Gasteiger partial charge in [0, 0.05) is 13.1 Å². The quantitative estimate of drug-likeness (QED) is 0.831. The largest absolute Gasteiger partial charge is 0.493 e. The molecule has 1 aromatic rings. The molecule has 0 radical (unpaired) electrons. The first kappa shape index (κ1) is 19.0. The number of rotatable bonds is 3. The molecule has 0 N–H and O–H groups in total. The molecule has 1 amide bonds. The van der Waals surface area contributed by atoms with E-state index in [1.807, 2.05) is 0 Å². The third kappa shape index (κ3) is 3.07. The molecule has 1 aromatic carbocycles. The Balaban J connectivity index is 2.02. The fraction of sp³-hybridized carbons (Fsp3) is 0.667. The van der Waals surface area contributed by atoms with Crippen LogP contribution in [0.4, 0.5) is 0 Å². The fourth-order valence-electron chi connectivity index (χ4n) is 4.57. The Kier molecular flexibility index (Phi) is 4.72. The van der Waals surface area contributed by atoms with Crippen LogP contribution in [0.3, 0.4) is 0 Å². The van der Waals surface area contributed by atoms with Gasteiger partial charge in [-0.15, -0.1) is 0 Å². The van der Waals surface area contributed by atoms with Crippen LogP contribution in [0.15, 0.2) is 12.1 Å². The minimum Gasteiger partial charge on any atom is -0.493 e. The number of amides is 1. The third-order valence-corrected chi connectivity index (χ3v) is 5.84. The van der Waals surface area contributed by atoms with Crippen molar-refractivity contribution in [3.63, 3.8) is 0 Å². The van der Waals surface area contributed by atoms with Crippen LogP contribution in [0.5, 0.6) is 11.5 Å². The Hall–Kier alpha value is -1.75. The summed E-state index contributed by atoms with van der Waals surface area (Å²) in [5.41, 5.74) is 2.20. The zero-order chi connectivity index (χ0) is 19.3. The lowest BCUT2D eigenvalue weighted by atomic mass is 9.77. The molecule has 0 aliphatic carbocycles. The summed E-state index contributed by atoms with van der Waals surface area (Å²) < 4.78 is 11.0. The van der Waals surface area contributed by atoms with Crippen molar-refractivity contribution in [3.8, 4) is 11.5 Å². The number of ether oxygens (including phenoxy) is 2. The summed E-state index contributed by atoms with van der Waals surface area (Å²) in [7, 11) is 5.40. The van der Waals surface area contributed by atoms with Gasteiger partial charge in [-0.25, -0.2) is 0 Å². The fourth-order valence-corrected chi connectivity index (χ4v) is 4.57. The predicted molar refractivity (Wildman–Crippen MR) is 103 cm³/mol. The van der Waals surface area contributed by atoms with Crippen molar-refractivity contribution in [3.05, 3.63) is 23.3 Å². The van der Waals surface area contributed by atoms with Crippen molar-refractivity contribution in [1.82, 2.24) is 9.80 Å². The zero-order valence-electron chi connectivity index (χ0n) is 17.2. The summed E-state index contributed by atoms with van der Waals surface area (Å²) in [4.78, 5) is 17.7. The summed E-state index contributed by atoms with van der Waals surface area (Å²) in [6.07, 6.45) is 1.72. The minimum atomic E-state index is -0.340. The van der Waals surface area contributed by atoms with Crippen LogP contribution < -0.4 is 9.47 Å². The Morgan fingerprint density at radius 2 is 1.81 bits per heavy atom. The van der Waals surface area contributed by atoms with E-state index in [4.69, 9.17) is 9.47 Å². The molecule has 144 valence electrons. The number of likely N-dealkylation sites (N-methyl/N-ethyl adjacent to an activating group) is 1. The van der Waals surface area contributed by atoms with Crippen LogP contribution in [0, 0.1) is 5.41 Å². The van der Waals surface area contributed by atoms with E-state index in [1.165, 1.54) is 11.1 Å². The zero-order valence-corrected chi connectivity index (χ0v) is 17.2. The molecule has 0 bridgehead atoms. The number of methoxy groups -OCH3 is 2. The molecule has 0 spiro atoms. The molecule has 5 heteroatoms. The maximum Gasteiger partial charge on any atom is 0.240 e. The number of carbonyl (C=O) groups excluding carboxylic acids is 1. The second-order valence-electron chi connectivity index (χ2n) is 9.07. The molecular formula is C21H32N2O3. The van der Waals surface area contributed by atoms with Gasteiger partial charge in [0.1, 0.15) is 0 Å². The lowest BCUT2D eigenvalue weighted by Crippen LogP contribution is -2.67. The van der Waals surface area contributed by atoms with Crippen LogP contribution in [0.2, 0.25) is 0 Å². The summed E-state index contributed by atoms with van der Waals surface area (Å²) >= 11 is 0. The van der Waals surface area contributed by atoms with E-state index in [0.29, 0.717) is 0 Å². The average Bonchev–Trinajstić information content (AvgIpc) is 2.56. The van der Waals surface area contributed by atoms with E-state index in [9.17, 15) is 4.79 Å². The third-order valence-electron chi connectivity index (χ3n) is 5.84. The average molecular weight is 360 g/mol. The lowest BCUT2D eigenvalue weighted by molar-refractivity contribution is -0.155. The van der Waals surface area contributed by atoms with Crippen molar-refractivity contribution in [2.45, 2.75) is 52.1 Å². The van der Waals surface area contributed by atoms with Gasteiger partial charge in [0.2, 0.25) is 5.91 Å². The standard InChI is InChI=1S/C21H32N2O3/c1-20(2,3)12-16-19(24)23-9-8-14-10-17(25-6)18(26-7)11-15(14)21(23,4)13-22(16)5/h10-11,16H,8-9,12-13H2,1-7H3/t16-,21?/m1/s1. The summed E-state index contributed by atoms with van der Waals surface area (Å²) in [6.45, 7) is 10.4. The van der Waals surface area contributed by atoms with Gasteiger partial charge in [-0.05, 0) is 55.5 Å². The molecule has 2 atom stereocenters. The highest BCUT2D eigenvalue weighted by Crippen LogP contribution is 2.44. The van der Waals surface area contributed by atoms with E-state index in [0.717, 1.165) is 37.4 Å². The topological polar surface area (TPSA) is 42.0 Å². The molecule has 5 nitrogen and oxygen atoms in total. The summed E-state index contributed by atoms with van der Waals surface area (Å²) in [5.74, 6) is 1.72. The van der Waals surface area contributed by atoms with Crippen molar-refractivity contribution >= 4 is 5.91 Å². The lowest BCUT2D eigenvalue weighted by Gasteiger charge is -2.54. The van der Waals surface area contributed by atoms with E-state index < -0.39 is 0 Å². The van der Waals surface area contributed by atoms with Gasteiger partial charge >= 0.3 is 0 Å². The van der Waals surface area contributed by atoms with E-state index in [1.54, 1.807) is 14.2 Å². The van der Waals surface area contributed by atoms with Crippen LogP contribution in [-0.4, -0.2) is 56.1 Å². The molecule has 0 saturated carbocycles. The molecule has 26 heavy (non-hydrogen) atoms. The highest BCUT2D eigenvalue weighted by atomic mass is 16.5. The number of piperazine rings is 1. The first-order chi connectivity index (χ1) is 12.1. The minimum absolute atomic E-state index is 0.0511. The van der Waals surface area contributed by atoms with Crippen LogP contribution >= 0.6 is 0 Å². The van der Waals surface area contributed by atoms with Gasteiger partial charge in [0.25, 0.3) is 0 Å². The molecule has 1 unspecified atom stereocenters. The number of hydrogen-bond donors (Lipinski definition) is 0. The molecular weight excluding hydrogens is 328 g/mol. The molecule has 2 aliphatic rings. The monoisotopic (exact) mass is 360 g/mol. The number of benzene rings is 1. The van der Waals surface area contributed by atoms with Gasteiger partial charge in [-0.3, -0.25) is 9.69 Å². The van der Waals surface area contributed by atoms with Gasteiger partial charge in [0.05, 0.1) is 25.8 Å². The Labute approximate surface area is 157 Å². The molecule has 1 fully saturated rings. The SMILES string of the molecule is COc1cc2c(cc1OC)C1(C)CN(C)[C@H](CC(C)(C)C)C(=O)N1CC2. The maximum absolute atomic E-state index is 13.4. The van der Waals surface area contributed by atoms with Gasteiger partial charge in [-0.1, -0.05) is 20.8 Å². The summed E-state index contributed by atoms with van der Waals surface area (Å²) in [6, 6.07) is 4.08. The number of carbonyl (C=O) groups is 1. The van der Waals surface area contributed by atoms with Crippen LogP contribution in [0.25, 0.3) is 0 Å². The molecule has 1 saturated heterocycles. The van der Waals surface area contributed by atoms with E-state index >= 15 is 0 Å². The van der Waals surface area contributed by atoms with Crippen LogP contribution in [0.1, 0.15) is 45.2 Å². The van der Waals surface area contributed by atoms with Crippen molar-refractivity contribution < 1.29 is 14.3 Å². The van der Waals surface area contributed by atoms with E-state index in [2.05, 4.69) is 56.7 Å². The first-order valence-electron chi connectivity index (χ1n) is 9.38. The normalized spacial score (nSPS) is 26.3. The Morgan fingerprint density at radius 1 is 1.19 bits per heavy atom. The van der Waals surface area contributed by atoms with Gasteiger partial charge in [-0.2, -0.15) is 0 Å². The second-order valence-corrected chi connectivity index (χ2v) is 9.07. The molecule has 0 aromatic heterocycles. The maximum atomic E-state index is 13.4. The number of hydrogen-bond acceptors (Lipinski definition) is 4.